The Morgan fingerprint density at radius 1 is 1.11 bits per heavy atom. The van der Waals surface area contributed by atoms with Crippen LogP contribution in [0.1, 0.15) is 18.5 Å². The molecule has 0 saturated carbocycles. The van der Waals surface area contributed by atoms with E-state index < -0.39 is 0 Å². The van der Waals surface area contributed by atoms with Gasteiger partial charge in [0.1, 0.15) is 16.1 Å². The number of hydrogen-bond acceptors (Lipinski definition) is 4. The summed E-state index contributed by atoms with van der Waals surface area (Å²) in [6.07, 6.45) is 0. The average Bonchev–Trinajstić information content (AvgIpc) is 2.28. The molecule has 0 amide bonds. The summed E-state index contributed by atoms with van der Waals surface area (Å²) in [6, 6.07) is 8.33. The molecule has 0 bridgehead atoms. The molecular formula is C12H11Cl2N3O. The highest BCUT2D eigenvalue weighted by Crippen LogP contribution is 2.21. The second-order valence-corrected chi connectivity index (χ2v) is 4.57. The van der Waals surface area contributed by atoms with Gasteiger partial charge in [-0.15, -0.1) is 0 Å². The van der Waals surface area contributed by atoms with Crippen molar-refractivity contribution in [3.8, 4) is 5.75 Å². The van der Waals surface area contributed by atoms with E-state index in [2.05, 4.69) is 15.3 Å². The molecule has 6 heteroatoms. The van der Waals surface area contributed by atoms with Crippen LogP contribution in [0.3, 0.4) is 0 Å². The number of aromatic nitrogens is 2. The highest BCUT2D eigenvalue weighted by molar-refractivity contribution is 6.33. The highest BCUT2D eigenvalue weighted by atomic mass is 35.5. The number of aromatic hydroxyl groups is 1. The zero-order chi connectivity index (χ0) is 13.1. The molecule has 0 aliphatic rings. The standard InChI is InChI=1S/C12H11Cl2N3O/c1-7(8-2-4-9(18)5-3-8)15-12-16-10(13)6-11(14)17-12/h2-7,18H,1H3,(H,15,16,17). The number of nitrogens with one attached hydrogen (secondary N) is 1. The van der Waals surface area contributed by atoms with Gasteiger partial charge in [0, 0.05) is 6.07 Å². The molecule has 0 saturated heterocycles. The summed E-state index contributed by atoms with van der Waals surface area (Å²) in [5.41, 5.74) is 0.993. The fourth-order valence-electron chi connectivity index (χ4n) is 1.49. The third-order valence-corrected chi connectivity index (χ3v) is 2.79. The Morgan fingerprint density at radius 3 is 2.22 bits per heavy atom. The Morgan fingerprint density at radius 2 is 1.67 bits per heavy atom. The normalized spacial score (nSPS) is 12.2. The molecular weight excluding hydrogens is 273 g/mol. The number of halogens is 2. The number of nitrogens with zero attached hydrogens (tertiary/aromatic N) is 2. The maximum Gasteiger partial charge on any atom is 0.226 e. The number of phenolic OH excluding ortho intramolecular Hbond substituents is 1. The van der Waals surface area contributed by atoms with Gasteiger partial charge < -0.3 is 10.4 Å². The third-order valence-electron chi connectivity index (χ3n) is 2.40. The first-order valence-corrected chi connectivity index (χ1v) is 6.06. The van der Waals surface area contributed by atoms with Gasteiger partial charge in [0.25, 0.3) is 0 Å². The summed E-state index contributed by atoms with van der Waals surface area (Å²) in [6.45, 7) is 1.95. The molecule has 1 aromatic heterocycles. The minimum atomic E-state index is -0.0277. The van der Waals surface area contributed by atoms with Gasteiger partial charge in [-0.3, -0.25) is 0 Å². The van der Waals surface area contributed by atoms with Gasteiger partial charge >= 0.3 is 0 Å². The lowest BCUT2D eigenvalue weighted by atomic mass is 10.1. The van der Waals surface area contributed by atoms with Crippen molar-refractivity contribution in [2.45, 2.75) is 13.0 Å². The largest absolute Gasteiger partial charge is 0.508 e. The van der Waals surface area contributed by atoms with Gasteiger partial charge in [-0.1, -0.05) is 35.3 Å². The van der Waals surface area contributed by atoms with Gasteiger partial charge in [0.05, 0.1) is 6.04 Å². The fourth-order valence-corrected chi connectivity index (χ4v) is 1.92. The first-order valence-electron chi connectivity index (χ1n) is 5.30. The molecule has 0 fully saturated rings. The molecule has 1 unspecified atom stereocenters. The molecule has 2 rings (SSSR count). The Balaban J connectivity index is 2.15. The molecule has 1 heterocycles. The number of benzene rings is 1. The Kier molecular flexibility index (Phi) is 3.89. The summed E-state index contributed by atoms with van der Waals surface area (Å²) in [4.78, 5) is 8.05. The van der Waals surface area contributed by atoms with Gasteiger partial charge in [-0.2, -0.15) is 0 Å². The number of phenols is 1. The van der Waals surface area contributed by atoms with Gasteiger partial charge in [0.15, 0.2) is 0 Å². The highest BCUT2D eigenvalue weighted by Gasteiger charge is 2.08. The predicted octanol–water partition coefficient (Wildman–Crippen LogP) is 3.66. The quantitative estimate of drug-likeness (QED) is 0.844. The van der Waals surface area contributed by atoms with Gasteiger partial charge in [0.2, 0.25) is 5.95 Å². The number of anilines is 1. The lowest BCUT2D eigenvalue weighted by molar-refractivity contribution is 0.475. The van der Waals surface area contributed by atoms with E-state index in [0.29, 0.717) is 5.95 Å². The summed E-state index contributed by atoms with van der Waals surface area (Å²) in [5.74, 6) is 0.598. The third kappa shape index (κ3) is 3.24. The van der Waals surface area contributed by atoms with E-state index in [1.54, 1.807) is 12.1 Å². The van der Waals surface area contributed by atoms with Crippen LogP contribution < -0.4 is 5.32 Å². The van der Waals surface area contributed by atoms with Crippen LogP contribution in [0.4, 0.5) is 5.95 Å². The molecule has 1 aromatic carbocycles. The lowest BCUT2D eigenvalue weighted by Gasteiger charge is -2.14. The van der Waals surface area contributed by atoms with Crippen LogP contribution in [0.5, 0.6) is 5.75 Å². The minimum Gasteiger partial charge on any atom is -0.508 e. The summed E-state index contributed by atoms with van der Waals surface area (Å²) < 4.78 is 0. The topological polar surface area (TPSA) is 58.0 Å². The van der Waals surface area contributed by atoms with Gasteiger partial charge in [-0.05, 0) is 24.6 Å². The molecule has 1 atom stereocenters. The molecule has 0 aliphatic carbocycles. The van der Waals surface area contributed by atoms with Crippen molar-refractivity contribution in [1.29, 1.82) is 0 Å². The second-order valence-electron chi connectivity index (χ2n) is 3.79. The predicted molar refractivity (Wildman–Crippen MR) is 72.2 cm³/mol. The molecule has 0 spiro atoms. The van der Waals surface area contributed by atoms with Crippen LogP contribution in [-0.4, -0.2) is 15.1 Å². The summed E-state index contributed by atoms with van der Waals surface area (Å²) in [5, 5.41) is 12.9. The van der Waals surface area contributed by atoms with E-state index >= 15 is 0 Å². The maximum absolute atomic E-state index is 9.22. The zero-order valence-electron chi connectivity index (χ0n) is 9.56. The zero-order valence-corrected chi connectivity index (χ0v) is 11.1. The minimum absolute atomic E-state index is 0.0277. The summed E-state index contributed by atoms with van der Waals surface area (Å²) in [7, 11) is 0. The van der Waals surface area contributed by atoms with E-state index in [1.807, 2.05) is 19.1 Å². The van der Waals surface area contributed by atoms with Crippen LogP contribution in [0.15, 0.2) is 30.3 Å². The second kappa shape index (κ2) is 5.42. The Bertz CT molecular complexity index is 525. The van der Waals surface area contributed by atoms with Crippen molar-refractivity contribution in [3.05, 3.63) is 46.2 Å². The molecule has 2 aromatic rings. The SMILES string of the molecule is CC(Nc1nc(Cl)cc(Cl)n1)c1ccc(O)cc1. The van der Waals surface area contributed by atoms with Crippen LogP contribution >= 0.6 is 23.2 Å². The van der Waals surface area contributed by atoms with Gasteiger partial charge in [-0.25, -0.2) is 9.97 Å². The smallest absolute Gasteiger partial charge is 0.226 e. The van der Waals surface area contributed by atoms with Crippen molar-refractivity contribution in [2.75, 3.05) is 5.32 Å². The molecule has 18 heavy (non-hydrogen) atoms. The van der Waals surface area contributed by atoms with E-state index in [9.17, 15) is 5.11 Å². The van der Waals surface area contributed by atoms with Crippen LogP contribution in [0.25, 0.3) is 0 Å². The van der Waals surface area contributed by atoms with Crippen molar-refractivity contribution in [2.24, 2.45) is 0 Å². The monoisotopic (exact) mass is 283 g/mol. The van der Waals surface area contributed by atoms with E-state index in [0.717, 1.165) is 5.56 Å². The van der Waals surface area contributed by atoms with E-state index in [-0.39, 0.29) is 22.1 Å². The molecule has 0 radical (unpaired) electrons. The van der Waals surface area contributed by atoms with Crippen LogP contribution in [0, 0.1) is 0 Å². The Hall–Kier alpha value is -1.52. The molecule has 4 nitrogen and oxygen atoms in total. The number of rotatable bonds is 3. The molecule has 2 N–H and O–H groups in total. The first-order chi connectivity index (χ1) is 8.54. The summed E-state index contributed by atoms with van der Waals surface area (Å²) >= 11 is 11.6. The van der Waals surface area contributed by atoms with E-state index in [4.69, 9.17) is 23.2 Å². The van der Waals surface area contributed by atoms with E-state index in [1.165, 1.54) is 6.07 Å². The Labute approximate surface area is 115 Å². The average molecular weight is 284 g/mol. The van der Waals surface area contributed by atoms with Crippen molar-refractivity contribution >= 4 is 29.2 Å². The fraction of sp³-hybridized carbons (Fsp3) is 0.167. The van der Waals surface area contributed by atoms with Crippen molar-refractivity contribution in [1.82, 2.24) is 9.97 Å². The lowest BCUT2D eigenvalue weighted by Crippen LogP contribution is -2.09. The number of hydrogen-bond donors (Lipinski definition) is 2. The van der Waals surface area contributed by atoms with Crippen molar-refractivity contribution in [3.63, 3.8) is 0 Å². The van der Waals surface area contributed by atoms with Crippen LogP contribution in [-0.2, 0) is 0 Å². The molecule has 0 aliphatic heterocycles. The molecule has 94 valence electrons. The van der Waals surface area contributed by atoms with Crippen molar-refractivity contribution < 1.29 is 5.11 Å². The maximum atomic E-state index is 9.22. The van der Waals surface area contributed by atoms with Crippen LogP contribution in [0.2, 0.25) is 10.3 Å². The first kappa shape index (κ1) is 12.9.